The highest BCUT2D eigenvalue weighted by Crippen LogP contribution is 2.11. The monoisotopic (exact) mass is 320 g/mol. The summed E-state index contributed by atoms with van der Waals surface area (Å²) >= 11 is 0. The summed E-state index contributed by atoms with van der Waals surface area (Å²) in [5, 5.41) is 2.42. The molecule has 112 valence electrons. The van der Waals surface area contributed by atoms with Crippen molar-refractivity contribution in [3.05, 3.63) is 29.8 Å². The molecule has 7 nitrogen and oxygen atoms in total. The molecule has 0 fully saturated rings. The van der Waals surface area contributed by atoms with Crippen molar-refractivity contribution in [2.45, 2.75) is 4.90 Å². The molecule has 1 aromatic rings. The number of nitrogens with one attached hydrogen (secondary N) is 2. The number of carbonyl (C=O) groups is 1. The number of hydrogen-bond donors (Lipinski definition) is 2. The molecule has 9 heteroatoms. The van der Waals surface area contributed by atoms with Crippen LogP contribution in [0.15, 0.2) is 29.2 Å². The first-order chi connectivity index (χ1) is 9.15. The minimum absolute atomic E-state index is 0.0352. The van der Waals surface area contributed by atoms with Gasteiger partial charge in [0.05, 0.1) is 10.6 Å². The highest BCUT2D eigenvalue weighted by molar-refractivity contribution is 7.90. The lowest BCUT2D eigenvalue weighted by Crippen LogP contribution is -2.33. The summed E-state index contributed by atoms with van der Waals surface area (Å²) in [5.74, 6) is -0.775. The summed E-state index contributed by atoms with van der Waals surface area (Å²) in [5.41, 5.74) is 0.162. The lowest BCUT2D eigenvalue weighted by Gasteiger charge is -2.06. The highest BCUT2D eigenvalue weighted by Gasteiger charge is 2.12. The number of sulfonamides is 1. The molecular weight excluding hydrogens is 304 g/mol. The molecule has 0 saturated heterocycles. The first-order valence-corrected chi connectivity index (χ1v) is 9.19. The van der Waals surface area contributed by atoms with Crippen LogP contribution in [0.3, 0.4) is 0 Å². The topological polar surface area (TPSA) is 109 Å². The fourth-order valence-corrected chi connectivity index (χ4v) is 2.61. The predicted octanol–water partition coefficient (Wildman–Crippen LogP) is -0.631. The van der Waals surface area contributed by atoms with Crippen LogP contribution in [0.25, 0.3) is 0 Å². The summed E-state index contributed by atoms with van der Waals surface area (Å²) in [4.78, 5) is 11.8. The van der Waals surface area contributed by atoms with Crippen LogP contribution in [0.2, 0.25) is 0 Å². The van der Waals surface area contributed by atoms with Crippen LogP contribution in [-0.2, 0) is 19.9 Å². The van der Waals surface area contributed by atoms with E-state index in [1.807, 2.05) is 0 Å². The molecule has 0 heterocycles. The van der Waals surface area contributed by atoms with Crippen molar-refractivity contribution >= 4 is 25.8 Å². The minimum atomic E-state index is -3.39. The first kappa shape index (κ1) is 16.6. The molecule has 1 aromatic carbocycles. The average molecular weight is 320 g/mol. The number of carbonyl (C=O) groups excluding carboxylic acids is 1. The number of benzene rings is 1. The van der Waals surface area contributed by atoms with Crippen molar-refractivity contribution in [1.82, 2.24) is 10.0 Å². The van der Waals surface area contributed by atoms with Crippen LogP contribution in [-0.4, -0.2) is 48.3 Å². The smallest absolute Gasteiger partial charge is 0.251 e. The van der Waals surface area contributed by atoms with Gasteiger partial charge in [-0.2, -0.15) is 0 Å². The summed E-state index contributed by atoms with van der Waals surface area (Å²) in [7, 11) is -5.50. The normalized spacial score (nSPS) is 12.1. The fourth-order valence-electron chi connectivity index (χ4n) is 1.37. The van der Waals surface area contributed by atoms with Crippen molar-refractivity contribution in [3.8, 4) is 0 Å². The van der Waals surface area contributed by atoms with E-state index in [0.717, 1.165) is 6.26 Å². The van der Waals surface area contributed by atoms with Gasteiger partial charge in [0.25, 0.3) is 5.91 Å². The Kier molecular flexibility index (Phi) is 5.26. The van der Waals surface area contributed by atoms with Crippen LogP contribution < -0.4 is 10.0 Å². The molecule has 0 unspecified atom stereocenters. The van der Waals surface area contributed by atoms with Gasteiger partial charge in [-0.3, -0.25) is 4.79 Å². The largest absolute Gasteiger partial charge is 0.351 e. The van der Waals surface area contributed by atoms with E-state index in [2.05, 4.69) is 10.0 Å². The molecule has 20 heavy (non-hydrogen) atoms. The van der Waals surface area contributed by atoms with E-state index in [0.29, 0.717) is 0 Å². The van der Waals surface area contributed by atoms with Crippen LogP contribution in [0.1, 0.15) is 10.4 Å². The number of rotatable bonds is 6. The van der Waals surface area contributed by atoms with Crippen LogP contribution in [0.4, 0.5) is 0 Å². The Morgan fingerprint density at radius 2 is 1.85 bits per heavy atom. The second-order valence-electron chi connectivity index (χ2n) is 4.08. The maximum atomic E-state index is 11.8. The molecule has 0 atom stereocenters. The van der Waals surface area contributed by atoms with Crippen molar-refractivity contribution in [3.63, 3.8) is 0 Å². The second kappa shape index (κ2) is 6.33. The van der Waals surface area contributed by atoms with E-state index in [1.165, 1.54) is 31.3 Å². The van der Waals surface area contributed by atoms with E-state index in [4.69, 9.17) is 0 Å². The van der Waals surface area contributed by atoms with Gasteiger partial charge in [0.15, 0.2) is 9.84 Å². The van der Waals surface area contributed by atoms with Gasteiger partial charge >= 0.3 is 0 Å². The average Bonchev–Trinajstić information content (AvgIpc) is 2.37. The summed E-state index contributed by atoms with van der Waals surface area (Å²) in [6, 6.07) is 5.54. The molecule has 2 N–H and O–H groups in total. The third kappa shape index (κ3) is 4.91. The third-order valence-corrected chi connectivity index (χ3v) is 4.97. The Labute approximate surface area is 118 Å². The van der Waals surface area contributed by atoms with E-state index in [1.54, 1.807) is 0 Å². The van der Waals surface area contributed by atoms with Gasteiger partial charge in [0.1, 0.15) is 0 Å². The predicted molar refractivity (Wildman–Crippen MR) is 74.7 cm³/mol. The van der Waals surface area contributed by atoms with Crippen molar-refractivity contribution in [1.29, 1.82) is 0 Å². The lowest BCUT2D eigenvalue weighted by atomic mass is 10.2. The maximum Gasteiger partial charge on any atom is 0.251 e. The summed E-state index contributed by atoms with van der Waals surface area (Å²) < 4.78 is 47.2. The molecule has 0 spiro atoms. The maximum absolute atomic E-state index is 11.8. The quantitative estimate of drug-likeness (QED) is 0.725. The van der Waals surface area contributed by atoms with Gasteiger partial charge in [-0.1, -0.05) is 6.07 Å². The Bertz CT molecular complexity index is 695. The zero-order valence-electron chi connectivity index (χ0n) is 11.1. The standard InChI is InChI=1S/C11H16N2O5S2/c1-12-20(17,18)7-6-13-11(14)9-4-3-5-10(8-9)19(2,15)16/h3-5,8,12H,6-7H2,1-2H3,(H,13,14). The van der Waals surface area contributed by atoms with Crippen molar-refractivity contribution in [2.75, 3.05) is 25.6 Å². The molecule has 1 amide bonds. The molecule has 0 aliphatic heterocycles. The van der Waals surface area contributed by atoms with Gasteiger partial charge in [-0.05, 0) is 25.2 Å². The van der Waals surface area contributed by atoms with Gasteiger partial charge < -0.3 is 5.32 Å². The zero-order valence-corrected chi connectivity index (χ0v) is 12.7. The van der Waals surface area contributed by atoms with Crippen molar-refractivity contribution in [2.24, 2.45) is 0 Å². The molecule has 0 saturated carbocycles. The Morgan fingerprint density at radius 3 is 2.40 bits per heavy atom. The van der Waals surface area contributed by atoms with E-state index in [9.17, 15) is 21.6 Å². The highest BCUT2D eigenvalue weighted by atomic mass is 32.2. The van der Waals surface area contributed by atoms with Gasteiger partial charge in [0.2, 0.25) is 10.0 Å². The molecular formula is C11H16N2O5S2. The van der Waals surface area contributed by atoms with E-state index in [-0.39, 0.29) is 22.8 Å². The molecule has 0 radical (unpaired) electrons. The SMILES string of the molecule is CNS(=O)(=O)CCNC(=O)c1cccc(S(C)(=O)=O)c1. The van der Waals surface area contributed by atoms with Crippen LogP contribution in [0.5, 0.6) is 0 Å². The lowest BCUT2D eigenvalue weighted by molar-refractivity contribution is 0.0956. The number of hydrogen-bond acceptors (Lipinski definition) is 5. The third-order valence-electron chi connectivity index (χ3n) is 2.49. The molecule has 0 aliphatic carbocycles. The molecule has 0 aromatic heterocycles. The summed E-state index contributed by atoms with van der Waals surface area (Å²) in [6.45, 7) is -0.0644. The van der Waals surface area contributed by atoms with Crippen molar-refractivity contribution < 1.29 is 21.6 Å². The molecule has 0 aliphatic rings. The molecule has 0 bridgehead atoms. The fraction of sp³-hybridized carbons (Fsp3) is 0.364. The Morgan fingerprint density at radius 1 is 1.20 bits per heavy atom. The summed E-state index contributed by atoms with van der Waals surface area (Å²) in [6.07, 6.45) is 1.05. The Hall–Kier alpha value is -1.45. The molecule has 1 rings (SSSR count). The Balaban J connectivity index is 2.74. The van der Waals surface area contributed by atoms with Crippen LogP contribution >= 0.6 is 0 Å². The van der Waals surface area contributed by atoms with Crippen LogP contribution in [0, 0.1) is 0 Å². The van der Waals surface area contributed by atoms with Gasteiger partial charge in [-0.15, -0.1) is 0 Å². The zero-order chi connectivity index (χ0) is 15.4. The second-order valence-corrected chi connectivity index (χ2v) is 8.14. The van der Waals surface area contributed by atoms with Gasteiger partial charge in [-0.25, -0.2) is 21.6 Å². The van der Waals surface area contributed by atoms with E-state index < -0.39 is 25.8 Å². The minimum Gasteiger partial charge on any atom is -0.351 e. The van der Waals surface area contributed by atoms with E-state index >= 15 is 0 Å². The number of amides is 1. The number of sulfone groups is 1. The first-order valence-electron chi connectivity index (χ1n) is 5.65. The van der Waals surface area contributed by atoms with Gasteiger partial charge in [0, 0.05) is 18.4 Å².